The first-order valence-electron chi connectivity index (χ1n) is 9.84. The number of urea groups is 1. The Labute approximate surface area is 170 Å². The van der Waals surface area contributed by atoms with Crippen LogP contribution in [0.25, 0.3) is 0 Å². The summed E-state index contributed by atoms with van der Waals surface area (Å²) in [5.74, 6) is 1.55. The van der Waals surface area contributed by atoms with Gasteiger partial charge in [0.2, 0.25) is 0 Å². The van der Waals surface area contributed by atoms with Crippen LogP contribution in [0, 0.1) is 5.92 Å². The molecule has 1 N–H and O–H groups in total. The van der Waals surface area contributed by atoms with Crippen molar-refractivity contribution in [3.8, 4) is 11.5 Å². The third-order valence-corrected chi connectivity index (χ3v) is 5.36. The van der Waals surface area contributed by atoms with Crippen LogP contribution < -0.4 is 19.7 Å². The number of hydrogen-bond acceptors (Lipinski definition) is 4. The molecule has 2 aliphatic rings. The summed E-state index contributed by atoms with van der Waals surface area (Å²) in [5.41, 5.74) is 0.702. The number of benzene rings is 2. The zero-order valence-electron chi connectivity index (χ0n) is 16.4. The van der Waals surface area contributed by atoms with Gasteiger partial charge in [-0.25, -0.2) is 4.79 Å². The number of nitrogens with zero attached hydrogens (tertiary/aromatic N) is 2. The minimum Gasteiger partial charge on any atom is -0.493 e. The molecular formula is C22H25N3O4. The number of likely N-dealkylation sites (N-methyl/N-ethyl adjacent to an activating group) is 1. The Kier molecular flexibility index (Phi) is 5.55. The number of para-hydroxylation sites is 3. The molecule has 152 valence electrons. The molecular weight excluding hydrogens is 370 g/mol. The average molecular weight is 395 g/mol. The van der Waals surface area contributed by atoms with Gasteiger partial charge in [-0.05, 0) is 30.7 Å². The normalized spacial score (nSPS) is 21.2. The van der Waals surface area contributed by atoms with Gasteiger partial charge in [0.15, 0.2) is 0 Å². The summed E-state index contributed by atoms with van der Waals surface area (Å²) in [7, 11) is 1.70. The van der Waals surface area contributed by atoms with Crippen LogP contribution in [0.1, 0.15) is 6.42 Å². The van der Waals surface area contributed by atoms with Crippen LogP contribution >= 0.6 is 0 Å². The molecule has 2 aromatic rings. The number of amides is 3. The maximum absolute atomic E-state index is 12.8. The van der Waals surface area contributed by atoms with Crippen LogP contribution in [0.2, 0.25) is 0 Å². The summed E-state index contributed by atoms with van der Waals surface area (Å²) < 4.78 is 11.6. The molecule has 1 unspecified atom stereocenters. The Morgan fingerprint density at radius 1 is 1.17 bits per heavy atom. The van der Waals surface area contributed by atoms with Crippen LogP contribution in [0.4, 0.5) is 10.5 Å². The number of fused-ring (bicyclic) bond motifs is 1. The van der Waals surface area contributed by atoms with Crippen molar-refractivity contribution in [2.75, 3.05) is 38.3 Å². The number of anilines is 1. The van der Waals surface area contributed by atoms with Gasteiger partial charge in [0.1, 0.15) is 24.1 Å². The number of ether oxygens (including phenoxy) is 2. The number of hydrogen-bond donors (Lipinski definition) is 1. The molecule has 1 saturated heterocycles. The fraction of sp³-hybridized carbons (Fsp3) is 0.364. The maximum atomic E-state index is 12.8. The summed E-state index contributed by atoms with van der Waals surface area (Å²) in [6.07, 6.45) is 0.876. The first-order valence-corrected chi connectivity index (χ1v) is 9.84. The highest BCUT2D eigenvalue weighted by Crippen LogP contribution is 2.30. The first-order chi connectivity index (χ1) is 14.1. The summed E-state index contributed by atoms with van der Waals surface area (Å²) in [5, 5.41) is 2.84. The van der Waals surface area contributed by atoms with Crippen LogP contribution in [0.3, 0.4) is 0 Å². The fourth-order valence-corrected chi connectivity index (χ4v) is 3.68. The molecule has 1 fully saturated rings. The van der Waals surface area contributed by atoms with E-state index in [9.17, 15) is 9.59 Å². The minimum absolute atomic E-state index is 0.111. The number of nitrogens with one attached hydrogen (secondary N) is 1. The molecule has 4 rings (SSSR count). The predicted molar refractivity (Wildman–Crippen MR) is 109 cm³/mol. The number of carbonyl (C=O) groups excluding carboxylic acids is 2. The molecule has 2 atom stereocenters. The summed E-state index contributed by atoms with van der Waals surface area (Å²) >= 11 is 0. The van der Waals surface area contributed by atoms with Gasteiger partial charge in [0.05, 0.1) is 12.3 Å². The average Bonchev–Trinajstić information content (AvgIpc) is 3.20. The topological polar surface area (TPSA) is 71.1 Å². The molecule has 7 heteroatoms. The highest BCUT2D eigenvalue weighted by Gasteiger charge is 2.33. The lowest BCUT2D eigenvalue weighted by Crippen LogP contribution is -2.52. The van der Waals surface area contributed by atoms with Gasteiger partial charge >= 0.3 is 6.03 Å². The molecule has 0 bridgehead atoms. The van der Waals surface area contributed by atoms with E-state index in [1.165, 1.54) is 4.90 Å². The standard InChI is InChI=1S/C22H25N3O4/c1-24-19-9-5-6-10-20(19)29-15-18(21(24)26)23-22(27)25-12-11-16(13-25)14-28-17-7-3-2-4-8-17/h2-10,16,18H,11-15H2,1H3,(H,23,27)/t16?,18-/m0/s1. The lowest BCUT2D eigenvalue weighted by Gasteiger charge is -2.23. The monoisotopic (exact) mass is 395 g/mol. The van der Waals surface area contributed by atoms with E-state index in [4.69, 9.17) is 9.47 Å². The van der Waals surface area contributed by atoms with Gasteiger partial charge in [0.25, 0.3) is 5.91 Å². The molecule has 3 amide bonds. The van der Waals surface area contributed by atoms with Gasteiger partial charge in [-0.3, -0.25) is 4.79 Å². The van der Waals surface area contributed by atoms with Gasteiger partial charge in [0, 0.05) is 26.1 Å². The Bertz CT molecular complexity index is 873. The highest BCUT2D eigenvalue weighted by molar-refractivity contribution is 6.00. The Morgan fingerprint density at radius 2 is 1.93 bits per heavy atom. The van der Waals surface area contributed by atoms with E-state index >= 15 is 0 Å². The fourth-order valence-electron chi connectivity index (χ4n) is 3.68. The summed E-state index contributed by atoms with van der Waals surface area (Å²) in [6, 6.07) is 16.1. The molecule has 29 heavy (non-hydrogen) atoms. The van der Waals surface area contributed by atoms with Gasteiger partial charge < -0.3 is 24.6 Å². The molecule has 0 aromatic heterocycles. The summed E-state index contributed by atoms with van der Waals surface area (Å²) in [4.78, 5) is 28.8. The number of likely N-dealkylation sites (tertiary alicyclic amines) is 1. The van der Waals surface area contributed by atoms with E-state index in [1.807, 2.05) is 54.6 Å². The second-order valence-electron chi connectivity index (χ2n) is 7.40. The molecule has 0 spiro atoms. The van der Waals surface area contributed by atoms with Crippen molar-refractivity contribution in [2.45, 2.75) is 12.5 Å². The molecule has 2 heterocycles. The molecule has 2 aliphatic heterocycles. The Morgan fingerprint density at radius 3 is 2.76 bits per heavy atom. The van der Waals surface area contributed by atoms with E-state index in [2.05, 4.69) is 5.32 Å². The third-order valence-electron chi connectivity index (χ3n) is 5.36. The van der Waals surface area contributed by atoms with Crippen molar-refractivity contribution in [2.24, 2.45) is 5.92 Å². The molecule has 0 saturated carbocycles. The van der Waals surface area contributed by atoms with Gasteiger partial charge in [-0.2, -0.15) is 0 Å². The highest BCUT2D eigenvalue weighted by atomic mass is 16.5. The zero-order valence-corrected chi connectivity index (χ0v) is 16.4. The van der Waals surface area contributed by atoms with Crippen LogP contribution in [0.15, 0.2) is 54.6 Å². The van der Waals surface area contributed by atoms with Crippen molar-refractivity contribution in [3.05, 3.63) is 54.6 Å². The van der Waals surface area contributed by atoms with Crippen molar-refractivity contribution in [3.63, 3.8) is 0 Å². The van der Waals surface area contributed by atoms with E-state index < -0.39 is 6.04 Å². The van der Waals surface area contributed by atoms with Crippen LogP contribution in [-0.4, -0.2) is 56.2 Å². The smallest absolute Gasteiger partial charge is 0.318 e. The zero-order chi connectivity index (χ0) is 20.2. The predicted octanol–water partition coefficient (Wildman–Crippen LogP) is 2.52. The third kappa shape index (κ3) is 4.29. The Balaban J connectivity index is 1.31. The first kappa shape index (κ1) is 19.1. The lowest BCUT2D eigenvalue weighted by atomic mass is 10.1. The van der Waals surface area contributed by atoms with E-state index in [0.29, 0.717) is 31.1 Å². The van der Waals surface area contributed by atoms with E-state index in [-0.39, 0.29) is 24.5 Å². The van der Waals surface area contributed by atoms with Gasteiger partial charge in [-0.1, -0.05) is 30.3 Å². The van der Waals surface area contributed by atoms with Gasteiger partial charge in [-0.15, -0.1) is 0 Å². The number of rotatable bonds is 4. The Hall–Kier alpha value is -3.22. The van der Waals surface area contributed by atoms with E-state index in [1.54, 1.807) is 11.9 Å². The number of carbonyl (C=O) groups is 2. The molecule has 2 aromatic carbocycles. The molecule has 7 nitrogen and oxygen atoms in total. The van der Waals surface area contributed by atoms with Crippen molar-refractivity contribution in [1.82, 2.24) is 10.2 Å². The van der Waals surface area contributed by atoms with Crippen molar-refractivity contribution < 1.29 is 19.1 Å². The van der Waals surface area contributed by atoms with Crippen LogP contribution in [0.5, 0.6) is 11.5 Å². The largest absolute Gasteiger partial charge is 0.493 e. The summed E-state index contributed by atoms with van der Waals surface area (Å²) in [6.45, 7) is 1.93. The van der Waals surface area contributed by atoms with Crippen molar-refractivity contribution >= 4 is 17.6 Å². The van der Waals surface area contributed by atoms with Crippen molar-refractivity contribution in [1.29, 1.82) is 0 Å². The quantitative estimate of drug-likeness (QED) is 0.864. The minimum atomic E-state index is -0.723. The molecule has 0 aliphatic carbocycles. The van der Waals surface area contributed by atoms with E-state index in [0.717, 1.165) is 12.2 Å². The second kappa shape index (κ2) is 8.43. The van der Waals surface area contributed by atoms with Crippen LogP contribution in [-0.2, 0) is 4.79 Å². The lowest BCUT2D eigenvalue weighted by molar-refractivity contribution is -0.120. The second-order valence-corrected chi connectivity index (χ2v) is 7.40. The maximum Gasteiger partial charge on any atom is 0.318 e. The molecule has 0 radical (unpaired) electrons. The SMILES string of the molecule is CN1C(=O)[C@@H](NC(=O)N2CCC(COc3ccccc3)C2)COc2ccccc21.